The minimum atomic E-state index is -1.81. The summed E-state index contributed by atoms with van der Waals surface area (Å²) in [4.78, 5) is 33.3. The van der Waals surface area contributed by atoms with Gasteiger partial charge in [-0.05, 0) is 87.2 Å². The molecule has 18 atom stereocenters. The number of carbonyl (C=O) groups excluding carboxylic acids is 1. The van der Waals surface area contributed by atoms with Crippen molar-refractivity contribution in [2.45, 2.75) is 186 Å². The molecule has 0 aromatic heterocycles. The Morgan fingerprint density at radius 1 is 0.964 bits per heavy atom. The van der Waals surface area contributed by atoms with Crippen LogP contribution in [0.5, 0.6) is 0 Å². The molecule has 0 bridgehead atoms. The van der Waals surface area contributed by atoms with Crippen LogP contribution in [-0.2, 0) is 38.1 Å². The van der Waals surface area contributed by atoms with E-state index < -0.39 is 119 Å². The molecule has 3 rings (SSSR count). The van der Waals surface area contributed by atoms with Crippen LogP contribution in [0.3, 0.4) is 0 Å². The Labute approximate surface area is 332 Å². The molecule has 56 heavy (non-hydrogen) atoms. The number of ether oxygens (including phenoxy) is 6. The quantitative estimate of drug-likeness (QED) is 0.106. The van der Waals surface area contributed by atoms with Gasteiger partial charge in [-0.3, -0.25) is 4.79 Å². The molecule has 0 amide bonds. The van der Waals surface area contributed by atoms with E-state index in [1.54, 1.807) is 67.5 Å². The SMILES string of the molecule is CC[C@@H]1[C@@H](C)/C(=N\O)[C@H](C)C[C@@](C)(O)[C@H](OC2O[C@H](C)C[C@H](N(C)C)[C@H]2O[N+](=O)[O-])[C@@H](C)[C@H](OC2C[C@@](C)(OC)[C@@H](O)[C@H](C)O2)[C@@H](C)C(=O)O[C@H](CC)[C@@]1(C)O. The maximum atomic E-state index is 14.4. The monoisotopic (exact) mass is 805 g/mol. The highest BCUT2D eigenvalue weighted by Crippen LogP contribution is 2.42. The Morgan fingerprint density at radius 2 is 1.59 bits per heavy atom. The summed E-state index contributed by atoms with van der Waals surface area (Å²) >= 11 is 0. The number of esters is 1. The minimum Gasteiger partial charge on any atom is -0.459 e. The average Bonchev–Trinajstić information content (AvgIpc) is 3.10. The summed E-state index contributed by atoms with van der Waals surface area (Å²) in [5.41, 5.74) is -4.13. The third-order valence-corrected chi connectivity index (χ3v) is 12.9. The molecule has 3 saturated heterocycles. The molecule has 17 heteroatoms. The number of nitrogens with zero attached hydrogens (tertiary/aromatic N) is 3. The van der Waals surface area contributed by atoms with Gasteiger partial charge < -0.3 is 58.7 Å². The molecule has 326 valence electrons. The zero-order valence-corrected chi connectivity index (χ0v) is 35.9. The fraction of sp³-hybridized carbons (Fsp3) is 0.949. The van der Waals surface area contributed by atoms with Gasteiger partial charge in [-0.25, -0.2) is 0 Å². The summed E-state index contributed by atoms with van der Waals surface area (Å²) in [5.74, 6) is -4.31. The number of hydrogen-bond donors (Lipinski definition) is 4. The van der Waals surface area contributed by atoms with Crippen LogP contribution < -0.4 is 0 Å². The van der Waals surface area contributed by atoms with Crippen molar-refractivity contribution in [3.8, 4) is 0 Å². The summed E-state index contributed by atoms with van der Waals surface area (Å²) in [7, 11) is 5.02. The molecular weight excluding hydrogens is 734 g/mol. The standard InChI is InChI=1S/C39H71N3O14/c1-15-26-22(5)30(40-47)20(3)18-37(9,45)34(55-36-32(56-42(48)49)27(41(12)13)17-21(4)51-36)23(6)31(24(7)35(44)53-28(16-2)39(26,11)46)54-29-19-38(10,50-14)33(43)25(8)52-29/h20-29,31-34,36,43,45-47H,15-19H2,1-14H3/b40-30-/t20-,21-,22-,23+,24-,25+,26-,27+,28-,29?,31+,32-,33+,34-,36?,37-,38-,39+/m1/s1. The molecule has 4 N–H and O–H groups in total. The number of methoxy groups -OCH3 is 1. The second-order valence-electron chi connectivity index (χ2n) is 17.5. The third-order valence-electron chi connectivity index (χ3n) is 12.9. The summed E-state index contributed by atoms with van der Waals surface area (Å²) in [5, 5.41) is 60.9. The third kappa shape index (κ3) is 10.5. The Morgan fingerprint density at radius 3 is 2.11 bits per heavy atom. The Balaban J connectivity index is 2.28. The smallest absolute Gasteiger partial charge is 0.311 e. The molecule has 17 nitrogen and oxygen atoms in total. The first-order chi connectivity index (χ1) is 25.9. The molecule has 0 radical (unpaired) electrons. The molecule has 0 saturated carbocycles. The van der Waals surface area contributed by atoms with Crippen molar-refractivity contribution < 1.29 is 63.7 Å². The number of likely N-dealkylation sites (N-methyl/N-ethyl adjacent to an activating group) is 1. The highest BCUT2D eigenvalue weighted by atomic mass is 17.0. The maximum absolute atomic E-state index is 14.4. The van der Waals surface area contributed by atoms with Crippen molar-refractivity contribution >= 4 is 11.7 Å². The molecule has 0 aromatic carbocycles. The van der Waals surface area contributed by atoms with E-state index in [0.29, 0.717) is 18.6 Å². The fourth-order valence-electron chi connectivity index (χ4n) is 9.67. The van der Waals surface area contributed by atoms with Gasteiger partial charge in [0.25, 0.3) is 5.09 Å². The number of hydrogen-bond acceptors (Lipinski definition) is 16. The number of oxime groups is 1. The van der Waals surface area contributed by atoms with Gasteiger partial charge in [0.1, 0.15) is 17.8 Å². The number of cyclic esters (lactones) is 1. The molecule has 3 heterocycles. The molecular formula is C39H71N3O14. The Bertz CT molecular complexity index is 1330. The predicted molar refractivity (Wildman–Crippen MR) is 204 cm³/mol. The second-order valence-corrected chi connectivity index (χ2v) is 17.5. The van der Waals surface area contributed by atoms with Gasteiger partial charge in [0.15, 0.2) is 18.7 Å². The van der Waals surface area contributed by atoms with Crippen molar-refractivity contribution in [3.05, 3.63) is 10.1 Å². The van der Waals surface area contributed by atoms with E-state index >= 15 is 0 Å². The lowest BCUT2D eigenvalue weighted by Gasteiger charge is -2.49. The average molecular weight is 806 g/mol. The van der Waals surface area contributed by atoms with E-state index in [1.165, 1.54) is 7.11 Å². The zero-order valence-electron chi connectivity index (χ0n) is 35.9. The molecule has 0 aromatic rings. The van der Waals surface area contributed by atoms with Gasteiger partial charge in [-0.1, -0.05) is 39.8 Å². The van der Waals surface area contributed by atoms with Crippen LogP contribution in [0.15, 0.2) is 5.16 Å². The van der Waals surface area contributed by atoms with Crippen LogP contribution in [0.4, 0.5) is 0 Å². The van der Waals surface area contributed by atoms with E-state index in [4.69, 9.17) is 33.3 Å². The van der Waals surface area contributed by atoms with E-state index in [1.807, 2.05) is 27.7 Å². The lowest BCUT2D eigenvalue weighted by Crippen LogP contribution is -2.61. The first-order valence-electron chi connectivity index (χ1n) is 20.1. The van der Waals surface area contributed by atoms with Crippen LogP contribution >= 0.6 is 0 Å². The molecule has 3 aliphatic rings. The predicted octanol–water partition coefficient (Wildman–Crippen LogP) is 3.93. The van der Waals surface area contributed by atoms with Crippen LogP contribution in [0, 0.1) is 39.7 Å². The highest BCUT2D eigenvalue weighted by Gasteiger charge is 2.54. The van der Waals surface area contributed by atoms with Crippen molar-refractivity contribution in [2.75, 3.05) is 21.2 Å². The Kier molecular flexibility index (Phi) is 16.5. The summed E-state index contributed by atoms with van der Waals surface area (Å²) in [6, 6.07) is -0.512. The summed E-state index contributed by atoms with van der Waals surface area (Å²) in [6.45, 7) is 19.1. The van der Waals surface area contributed by atoms with Gasteiger partial charge in [0.2, 0.25) is 0 Å². The van der Waals surface area contributed by atoms with Crippen molar-refractivity contribution in [1.29, 1.82) is 0 Å². The number of rotatable bonds is 10. The van der Waals surface area contributed by atoms with Gasteiger partial charge in [0.05, 0.1) is 47.2 Å². The molecule has 0 spiro atoms. The van der Waals surface area contributed by atoms with Crippen molar-refractivity contribution in [2.24, 2.45) is 34.7 Å². The second kappa shape index (κ2) is 19.2. The normalized spacial score (nSPS) is 46.9. The van der Waals surface area contributed by atoms with E-state index in [2.05, 4.69) is 5.16 Å². The van der Waals surface area contributed by atoms with Gasteiger partial charge in [0, 0.05) is 37.3 Å². The van der Waals surface area contributed by atoms with Gasteiger partial charge >= 0.3 is 5.97 Å². The first-order valence-corrected chi connectivity index (χ1v) is 20.1. The summed E-state index contributed by atoms with van der Waals surface area (Å²) < 4.78 is 37.7. The van der Waals surface area contributed by atoms with E-state index in [9.17, 15) is 35.4 Å². The minimum absolute atomic E-state index is 0.0435. The maximum Gasteiger partial charge on any atom is 0.311 e. The van der Waals surface area contributed by atoms with Crippen LogP contribution in [0.2, 0.25) is 0 Å². The Hall–Kier alpha value is -2.22. The summed E-state index contributed by atoms with van der Waals surface area (Å²) in [6.07, 6.45) is -7.98. The van der Waals surface area contributed by atoms with Crippen molar-refractivity contribution in [3.63, 3.8) is 0 Å². The largest absolute Gasteiger partial charge is 0.459 e. The van der Waals surface area contributed by atoms with Crippen LogP contribution in [0.25, 0.3) is 0 Å². The lowest BCUT2D eigenvalue weighted by molar-refractivity contribution is -0.775. The highest BCUT2D eigenvalue weighted by molar-refractivity contribution is 5.88. The molecule has 2 unspecified atom stereocenters. The van der Waals surface area contributed by atoms with Crippen LogP contribution in [-0.4, -0.2) is 142 Å². The topological polar surface area (TPSA) is 221 Å². The number of aliphatic hydroxyl groups excluding tert-OH is 1. The van der Waals surface area contributed by atoms with E-state index in [0.717, 1.165) is 0 Å². The number of aliphatic hydroxyl groups is 3. The van der Waals surface area contributed by atoms with Crippen LogP contribution in [0.1, 0.15) is 108 Å². The zero-order chi connectivity index (χ0) is 42.7. The fourth-order valence-corrected chi connectivity index (χ4v) is 9.67. The molecule has 0 aliphatic carbocycles. The van der Waals surface area contributed by atoms with Gasteiger partial charge in [-0.2, -0.15) is 0 Å². The number of carbonyl (C=O) groups is 1. The molecule has 3 fully saturated rings. The van der Waals surface area contributed by atoms with Crippen molar-refractivity contribution in [1.82, 2.24) is 4.90 Å². The van der Waals surface area contributed by atoms with Gasteiger partial charge in [-0.15, -0.1) is 10.1 Å². The first kappa shape index (κ1) is 48.2. The lowest BCUT2D eigenvalue weighted by atomic mass is 9.69. The molecule has 3 aliphatic heterocycles. The van der Waals surface area contributed by atoms with E-state index in [-0.39, 0.29) is 19.3 Å².